The van der Waals surface area contributed by atoms with Crippen molar-refractivity contribution in [1.29, 1.82) is 0 Å². The molecule has 0 saturated carbocycles. The first-order valence-corrected chi connectivity index (χ1v) is 12.1. The van der Waals surface area contributed by atoms with Gasteiger partial charge in [-0.3, -0.25) is 0 Å². The van der Waals surface area contributed by atoms with E-state index in [0.29, 0.717) is 31.3 Å². The zero-order valence-corrected chi connectivity index (χ0v) is 17.6. The fraction of sp³-hybridized carbons (Fsp3) is 0.562. The molecule has 2 aliphatic rings. The number of pyridine rings is 1. The van der Waals surface area contributed by atoms with Crippen molar-refractivity contribution in [3.63, 3.8) is 0 Å². The van der Waals surface area contributed by atoms with Crippen LogP contribution in [0, 0.1) is 0 Å². The Hall–Kier alpha value is -1.31. The van der Waals surface area contributed by atoms with Gasteiger partial charge in [0.05, 0.1) is 19.3 Å². The summed E-state index contributed by atoms with van der Waals surface area (Å²) in [6.45, 7) is 3.12. The second kappa shape index (κ2) is 9.01. The Morgan fingerprint density at radius 2 is 2.11 bits per heavy atom. The van der Waals surface area contributed by atoms with E-state index in [4.69, 9.17) is 9.47 Å². The first-order chi connectivity index (χ1) is 13.6. The van der Waals surface area contributed by atoms with Gasteiger partial charge < -0.3 is 14.8 Å². The SMILES string of the molecule is O=S(=O)(c1ccc(Sc2nnc(NC[C@@H]3CCCO3)s2)nc1)N1CCOCC1. The first-order valence-electron chi connectivity index (χ1n) is 9.02. The number of aromatic nitrogens is 3. The van der Waals surface area contributed by atoms with Crippen LogP contribution < -0.4 is 5.32 Å². The third kappa shape index (κ3) is 4.81. The monoisotopic (exact) mass is 443 g/mol. The van der Waals surface area contributed by atoms with Gasteiger partial charge in [0, 0.05) is 32.4 Å². The summed E-state index contributed by atoms with van der Waals surface area (Å²) in [6, 6.07) is 3.27. The molecule has 28 heavy (non-hydrogen) atoms. The lowest BCUT2D eigenvalue weighted by molar-refractivity contribution is 0.0730. The van der Waals surface area contributed by atoms with E-state index < -0.39 is 10.0 Å². The largest absolute Gasteiger partial charge is 0.379 e. The highest BCUT2D eigenvalue weighted by Gasteiger charge is 2.26. The molecule has 0 amide bonds. The minimum atomic E-state index is -3.53. The molecule has 2 aromatic heterocycles. The molecular weight excluding hydrogens is 422 g/mol. The van der Waals surface area contributed by atoms with E-state index in [-0.39, 0.29) is 11.0 Å². The second-order valence-electron chi connectivity index (χ2n) is 6.34. The molecule has 0 unspecified atom stereocenters. The van der Waals surface area contributed by atoms with Gasteiger partial charge in [-0.15, -0.1) is 10.2 Å². The summed E-state index contributed by atoms with van der Waals surface area (Å²) < 4.78 is 38.2. The van der Waals surface area contributed by atoms with Crippen molar-refractivity contribution in [2.24, 2.45) is 0 Å². The Labute approximate surface area is 171 Å². The molecule has 2 aliphatic heterocycles. The number of ether oxygens (including phenoxy) is 2. The van der Waals surface area contributed by atoms with Gasteiger partial charge in [0.2, 0.25) is 15.2 Å². The maximum absolute atomic E-state index is 12.6. The maximum atomic E-state index is 12.6. The van der Waals surface area contributed by atoms with Crippen LogP contribution >= 0.6 is 23.1 Å². The molecule has 0 radical (unpaired) electrons. The van der Waals surface area contributed by atoms with Gasteiger partial charge in [-0.25, -0.2) is 13.4 Å². The van der Waals surface area contributed by atoms with E-state index in [9.17, 15) is 8.42 Å². The molecule has 0 spiro atoms. The standard InChI is InChI=1S/C16H21N5O4S3/c22-28(23,21-5-8-24-9-6-21)13-3-4-14(17-11-13)26-16-20-19-15(27-16)18-10-12-2-1-7-25-12/h3-4,11-12H,1-2,5-10H2,(H,18,19)/t12-/m0/s1. The summed E-state index contributed by atoms with van der Waals surface area (Å²) in [7, 11) is -3.53. The number of nitrogens with zero attached hydrogens (tertiary/aromatic N) is 4. The second-order valence-corrected chi connectivity index (χ2v) is 10.5. The summed E-state index contributed by atoms with van der Waals surface area (Å²) in [5.41, 5.74) is 0. The number of nitrogens with one attached hydrogen (secondary N) is 1. The highest BCUT2D eigenvalue weighted by Crippen LogP contribution is 2.31. The number of morpholine rings is 1. The van der Waals surface area contributed by atoms with E-state index in [2.05, 4.69) is 20.5 Å². The van der Waals surface area contributed by atoms with Gasteiger partial charge in [-0.05, 0) is 36.7 Å². The molecule has 2 fully saturated rings. The summed E-state index contributed by atoms with van der Waals surface area (Å²) >= 11 is 2.79. The Morgan fingerprint density at radius 3 is 2.82 bits per heavy atom. The van der Waals surface area contributed by atoms with Crippen LogP contribution in [0.25, 0.3) is 0 Å². The van der Waals surface area contributed by atoms with E-state index >= 15 is 0 Å². The lowest BCUT2D eigenvalue weighted by atomic mass is 10.2. The van der Waals surface area contributed by atoms with Crippen molar-refractivity contribution in [3.8, 4) is 0 Å². The van der Waals surface area contributed by atoms with Crippen LogP contribution in [-0.2, 0) is 19.5 Å². The van der Waals surface area contributed by atoms with Crippen LogP contribution in [-0.4, -0.2) is 73.5 Å². The lowest BCUT2D eigenvalue weighted by Crippen LogP contribution is -2.40. The van der Waals surface area contributed by atoms with Crippen molar-refractivity contribution in [3.05, 3.63) is 18.3 Å². The zero-order chi connectivity index (χ0) is 19.4. The fourth-order valence-electron chi connectivity index (χ4n) is 2.93. The highest BCUT2D eigenvalue weighted by atomic mass is 32.2. The molecule has 4 heterocycles. The Balaban J connectivity index is 1.35. The fourth-order valence-corrected chi connectivity index (χ4v) is 5.93. The maximum Gasteiger partial charge on any atom is 0.244 e. The quantitative estimate of drug-likeness (QED) is 0.684. The Morgan fingerprint density at radius 1 is 1.25 bits per heavy atom. The highest BCUT2D eigenvalue weighted by molar-refractivity contribution is 8.01. The normalized spacial score (nSPS) is 21.1. The van der Waals surface area contributed by atoms with E-state index in [1.54, 1.807) is 12.1 Å². The minimum absolute atomic E-state index is 0.190. The molecule has 2 saturated heterocycles. The molecule has 1 N–H and O–H groups in total. The van der Waals surface area contributed by atoms with Crippen LogP contribution in [0.1, 0.15) is 12.8 Å². The lowest BCUT2D eigenvalue weighted by Gasteiger charge is -2.25. The average molecular weight is 444 g/mol. The molecule has 0 aromatic carbocycles. The molecule has 9 nitrogen and oxygen atoms in total. The molecule has 12 heteroatoms. The number of sulfonamides is 1. The summed E-state index contributed by atoms with van der Waals surface area (Å²) in [6.07, 6.45) is 3.80. The van der Waals surface area contributed by atoms with Crippen LogP contribution in [0.15, 0.2) is 32.6 Å². The van der Waals surface area contributed by atoms with Gasteiger partial charge in [0.15, 0.2) is 4.34 Å². The van der Waals surface area contributed by atoms with E-state index in [0.717, 1.165) is 35.5 Å². The smallest absolute Gasteiger partial charge is 0.244 e. The number of anilines is 1. The average Bonchev–Trinajstić information content (AvgIpc) is 3.39. The molecule has 152 valence electrons. The molecule has 4 rings (SSSR count). The molecule has 0 bridgehead atoms. The van der Waals surface area contributed by atoms with E-state index in [1.807, 2.05) is 0 Å². The van der Waals surface area contributed by atoms with E-state index in [1.165, 1.54) is 33.6 Å². The van der Waals surface area contributed by atoms with Crippen molar-refractivity contribution >= 4 is 38.3 Å². The summed E-state index contributed by atoms with van der Waals surface area (Å²) in [5, 5.41) is 12.9. The van der Waals surface area contributed by atoms with Crippen LogP contribution in [0.3, 0.4) is 0 Å². The van der Waals surface area contributed by atoms with Gasteiger partial charge in [0.1, 0.15) is 9.92 Å². The number of hydrogen-bond donors (Lipinski definition) is 1. The van der Waals surface area contributed by atoms with Crippen LogP contribution in [0.5, 0.6) is 0 Å². The topological polar surface area (TPSA) is 107 Å². The Kier molecular flexibility index (Phi) is 6.43. The van der Waals surface area contributed by atoms with Crippen LogP contribution in [0.2, 0.25) is 0 Å². The van der Waals surface area contributed by atoms with Crippen molar-refractivity contribution < 1.29 is 17.9 Å². The molecular formula is C16H21N5O4S3. The molecule has 0 aliphatic carbocycles. The predicted octanol–water partition coefficient (Wildman–Crippen LogP) is 1.70. The van der Waals surface area contributed by atoms with Gasteiger partial charge in [-0.2, -0.15) is 4.31 Å². The van der Waals surface area contributed by atoms with Crippen LogP contribution in [0.4, 0.5) is 5.13 Å². The Bertz CT molecular complexity index is 878. The zero-order valence-electron chi connectivity index (χ0n) is 15.1. The summed E-state index contributed by atoms with van der Waals surface area (Å²) in [5.74, 6) is 0. The van der Waals surface area contributed by atoms with Gasteiger partial charge in [-0.1, -0.05) is 11.3 Å². The number of hydrogen-bond acceptors (Lipinski definition) is 10. The molecule has 1 atom stereocenters. The third-order valence-corrected chi connectivity index (χ3v) is 8.19. The van der Waals surface area contributed by atoms with Gasteiger partial charge in [0.25, 0.3) is 0 Å². The summed E-state index contributed by atoms with van der Waals surface area (Å²) in [4.78, 5) is 4.47. The van der Waals surface area contributed by atoms with Crippen molar-refractivity contribution in [2.75, 3.05) is 44.8 Å². The third-order valence-electron chi connectivity index (χ3n) is 4.42. The van der Waals surface area contributed by atoms with Gasteiger partial charge >= 0.3 is 0 Å². The van der Waals surface area contributed by atoms with Crippen molar-refractivity contribution in [2.45, 2.75) is 33.2 Å². The predicted molar refractivity (Wildman–Crippen MR) is 105 cm³/mol. The minimum Gasteiger partial charge on any atom is -0.379 e. The number of rotatable bonds is 7. The van der Waals surface area contributed by atoms with Crippen molar-refractivity contribution in [1.82, 2.24) is 19.5 Å². The first kappa shape index (κ1) is 20.0. The molecule has 2 aromatic rings.